The maximum Gasteiger partial charge on any atom is 0.282 e. The van der Waals surface area contributed by atoms with Crippen LogP contribution >= 0.6 is 23.5 Å². The van der Waals surface area contributed by atoms with E-state index in [9.17, 15) is 19.7 Å². The maximum atomic E-state index is 12.5. The molecule has 0 aromatic heterocycles. The summed E-state index contributed by atoms with van der Waals surface area (Å²) in [6.45, 7) is 5.80. The van der Waals surface area contributed by atoms with Gasteiger partial charge in [-0.15, -0.1) is 23.5 Å². The first-order valence-electron chi connectivity index (χ1n) is 22.1. The van der Waals surface area contributed by atoms with Crippen molar-refractivity contribution in [2.75, 3.05) is 82.5 Å². The number of ether oxygens (including phenoxy) is 4. The number of fused-ring (bicyclic) bond motifs is 2. The molecule has 0 atom stereocenters. The lowest BCUT2D eigenvalue weighted by Gasteiger charge is -2.29. The van der Waals surface area contributed by atoms with E-state index in [4.69, 9.17) is 24.7 Å². The third kappa shape index (κ3) is 12.8. The summed E-state index contributed by atoms with van der Waals surface area (Å²) in [6.07, 6.45) is 2.00. The molecule has 354 valence electrons. The highest BCUT2D eigenvalue weighted by Gasteiger charge is 2.22. The lowest BCUT2D eigenvalue weighted by molar-refractivity contribution is -0.385. The van der Waals surface area contributed by atoms with Crippen LogP contribution in [0.3, 0.4) is 0 Å². The van der Waals surface area contributed by atoms with Gasteiger partial charge in [0.2, 0.25) is 0 Å². The quantitative estimate of drug-likeness (QED) is 0.0342. The summed E-state index contributed by atoms with van der Waals surface area (Å²) in [5, 5.41) is 16.8. The summed E-state index contributed by atoms with van der Waals surface area (Å²) in [5.74, 6) is 4.35. The summed E-state index contributed by atoms with van der Waals surface area (Å²) < 4.78 is 21.8. The second kappa shape index (κ2) is 23.8. The van der Waals surface area contributed by atoms with Gasteiger partial charge >= 0.3 is 0 Å². The third-order valence-corrected chi connectivity index (χ3v) is 13.7. The lowest BCUT2D eigenvalue weighted by Crippen LogP contribution is -2.32. The number of carbonyl (C=O) groups is 2. The Kier molecular flexibility index (Phi) is 17.2. The molecule has 0 bridgehead atoms. The zero-order valence-electron chi connectivity index (χ0n) is 38.6. The van der Waals surface area contributed by atoms with Gasteiger partial charge in [0, 0.05) is 83.7 Å². The van der Waals surface area contributed by atoms with Gasteiger partial charge in [0.05, 0.1) is 38.9 Å². The van der Waals surface area contributed by atoms with E-state index >= 15 is 0 Å². The number of anilines is 3. The number of nitro groups is 1. The van der Waals surface area contributed by atoms with Crippen LogP contribution in [0.5, 0.6) is 23.0 Å². The fourth-order valence-electron chi connectivity index (χ4n) is 8.04. The Balaban J connectivity index is 0.000000202. The Labute approximate surface area is 405 Å². The van der Waals surface area contributed by atoms with Crippen molar-refractivity contribution in [3.63, 3.8) is 0 Å². The van der Waals surface area contributed by atoms with Gasteiger partial charge in [0.25, 0.3) is 17.5 Å². The number of amides is 2. The molecule has 0 saturated heterocycles. The molecule has 0 radical (unpaired) electrons. The van der Waals surface area contributed by atoms with Gasteiger partial charge in [-0.3, -0.25) is 29.5 Å². The second-order valence-electron chi connectivity index (χ2n) is 16.0. The number of nitrogens with zero attached hydrogens (tertiary/aromatic N) is 3. The highest BCUT2D eigenvalue weighted by molar-refractivity contribution is 7.99. The van der Waals surface area contributed by atoms with Crippen LogP contribution in [-0.4, -0.2) is 92.7 Å². The minimum Gasteiger partial charge on any atom is -0.493 e. The molecule has 0 saturated carbocycles. The van der Waals surface area contributed by atoms with E-state index in [1.807, 2.05) is 66.4 Å². The predicted molar refractivity (Wildman–Crippen MR) is 271 cm³/mol. The highest BCUT2D eigenvalue weighted by atomic mass is 32.2. The summed E-state index contributed by atoms with van der Waals surface area (Å²) >= 11 is 3.57. The van der Waals surface area contributed by atoms with Gasteiger partial charge in [-0.05, 0) is 126 Å². The number of nitro benzene ring substituents is 1. The number of rotatable bonds is 17. The summed E-state index contributed by atoms with van der Waals surface area (Å²) in [7, 11) is 6.67. The molecule has 0 fully saturated rings. The van der Waals surface area contributed by atoms with Crippen molar-refractivity contribution in [1.82, 2.24) is 9.80 Å². The SMILES string of the molecule is COc1cc2c(cc1OC)CN(CCSc1ccc(NC(=O)c3ccccc3N)cc1)CC2.COc1cc2c(cc1OC)CN(CCSc1ccc(NC(=O)c3ccccc3[N+](=O)[O-])cc1)CC2. The van der Waals surface area contributed by atoms with Crippen molar-refractivity contribution in [2.24, 2.45) is 0 Å². The van der Waals surface area contributed by atoms with Gasteiger partial charge in [0.1, 0.15) is 5.56 Å². The monoisotopic (exact) mass is 956 g/mol. The maximum absolute atomic E-state index is 12.5. The molecule has 16 heteroatoms. The Morgan fingerprint density at radius 2 is 0.985 bits per heavy atom. The smallest absolute Gasteiger partial charge is 0.282 e. The fourth-order valence-corrected chi connectivity index (χ4v) is 9.87. The van der Waals surface area contributed by atoms with Gasteiger partial charge < -0.3 is 35.3 Å². The van der Waals surface area contributed by atoms with E-state index in [0.717, 1.165) is 97.2 Å². The first-order valence-corrected chi connectivity index (χ1v) is 24.1. The molecule has 14 nitrogen and oxygen atoms in total. The molecule has 68 heavy (non-hydrogen) atoms. The fraction of sp³-hybridized carbons (Fsp3) is 0.269. The number of nitrogens with one attached hydrogen (secondary N) is 2. The van der Waals surface area contributed by atoms with Crippen LogP contribution in [0.1, 0.15) is 43.0 Å². The Bertz CT molecular complexity index is 2700. The van der Waals surface area contributed by atoms with Crippen LogP contribution in [0.25, 0.3) is 0 Å². The molecular formula is C52H56N6O8S2. The van der Waals surface area contributed by atoms with E-state index in [2.05, 4.69) is 44.7 Å². The molecule has 0 spiro atoms. The van der Waals surface area contributed by atoms with Crippen molar-refractivity contribution in [1.29, 1.82) is 0 Å². The highest BCUT2D eigenvalue weighted by Crippen LogP contribution is 2.35. The second-order valence-corrected chi connectivity index (χ2v) is 18.4. The van der Waals surface area contributed by atoms with E-state index in [-0.39, 0.29) is 17.2 Å². The largest absolute Gasteiger partial charge is 0.493 e. The average molecular weight is 957 g/mol. The number of para-hydroxylation sites is 2. The van der Waals surface area contributed by atoms with E-state index in [1.165, 1.54) is 45.3 Å². The number of benzene rings is 6. The van der Waals surface area contributed by atoms with Gasteiger partial charge in [-0.2, -0.15) is 0 Å². The number of nitrogen functional groups attached to an aromatic ring is 1. The molecular weight excluding hydrogens is 901 g/mol. The van der Waals surface area contributed by atoms with Crippen LogP contribution in [-0.2, 0) is 25.9 Å². The molecule has 0 aliphatic carbocycles. The van der Waals surface area contributed by atoms with E-state index < -0.39 is 10.8 Å². The molecule has 2 amide bonds. The number of nitrogens with two attached hydrogens (primary N) is 1. The standard InChI is InChI=1S/C26H27N3O5S.C26H29N3O3S/c1-33-24-15-18-11-12-28(17-19(18)16-25(24)34-2)13-14-35-21-9-7-20(8-10-21)27-26(30)22-5-3-4-6-23(22)29(31)32;1-31-24-15-18-11-12-29(17-19(18)16-25(24)32-2)13-14-33-21-9-7-20(8-10-21)28-26(30)22-5-3-4-6-23(22)27/h3-10,15-16H,11-14,17H2,1-2H3,(H,27,30);3-10,15-16H,11-14,17,27H2,1-2H3,(H,28,30). The van der Waals surface area contributed by atoms with Gasteiger partial charge in [0.15, 0.2) is 23.0 Å². The van der Waals surface area contributed by atoms with Gasteiger partial charge in [-0.1, -0.05) is 24.3 Å². The lowest BCUT2D eigenvalue weighted by atomic mass is 9.99. The van der Waals surface area contributed by atoms with Crippen LogP contribution in [0.2, 0.25) is 0 Å². The molecule has 2 heterocycles. The minimum atomic E-state index is -0.553. The van der Waals surface area contributed by atoms with Crippen molar-refractivity contribution in [3.05, 3.63) is 165 Å². The summed E-state index contributed by atoms with van der Waals surface area (Å²) in [6, 6.07) is 36.8. The molecule has 6 aromatic rings. The number of thioether (sulfide) groups is 2. The molecule has 8 rings (SSSR count). The van der Waals surface area contributed by atoms with Crippen molar-refractivity contribution in [2.45, 2.75) is 35.7 Å². The zero-order chi connectivity index (χ0) is 48.0. The minimum absolute atomic E-state index is 0.0371. The van der Waals surface area contributed by atoms with Crippen LogP contribution in [0.4, 0.5) is 22.7 Å². The molecule has 6 aromatic carbocycles. The molecule has 4 N–H and O–H groups in total. The number of hydrogen-bond acceptors (Lipinski definition) is 13. The topological polar surface area (TPSA) is 171 Å². The molecule has 2 aliphatic heterocycles. The Hall–Kier alpha value is -6.72. The third-order valence-electron chi connectivity index (χ3n) is 11.7. The Morgan fingerprint density at radius 3 is 1.41 bits per heavy atom. The normalized spacial score (nSPS) is 13.2. The van der Waals surface area contributed by atoms with E-state index in [0.29, 0.717) is 16.9 Å². The zero-order valence-corrected chi connectivity index (χ0v) is 40.3. The molecule has 2 aliphatic rings. The Morgan fingerprint density at radius 1 is 0.588 bits per heavy atom. The van der Waals surface area contributed by atoms with Crippen molar-refractivity contribution >= 4 is 58.1 Å². The van der Waals surface area contributed by atoms with Crippen LogP contribution < -0.4 is 35.3 Å². The van der Waals surface area contributed by atoms with Crippen molar-refractivity contribution < 1.29 is 33.5 Å². The summed E-state index contributed by atoms with van der Waals surface area (Å²) in [4.78, 5) is 42.7. The molecule has 0 unspecified atom stereocenters. The van der Waals surface area contributed by atoms with Crippen LogP contribution in [0.15, 0.2) is 131 Å². The first kappa shape index (κ1) is 49.2. The number of methoxy groups -OCH3 is 4. The van der Waals surface area contributed by atoms with Crippen LogP contribution in [0, 0.1) is 10.1 Å². The number of carbonyl (C=O) groups excluding carboxylic acids is 2. The van der Waals surface area contributed by atoms with E-state index in [1.54, 1.807) is 64.5 Å². The summed E-state index contributed by atoms with van der Waals surface area (Å²) in [5.41, 5.74) is 13.2. The van der Waals surface area contributed by atoms with Crippen molar-refractivity contribution in [3.8, 4) is 23.0 Å². The first-order chi connectivity index (χ1) is 33.0. The van der Waals surface area contributed by atoms with Gasteiger partial charge in [-0.25, -0.2) is 0 Å². The number of hydrogen-bond donors (Lipinski definition) is 3. The predicted octanol–water partition coefficient (Wildman–Crippen LogP) is 9.70. The average Bonchev–Trinajstić information content (AvgIpc) is 3.36.